The molecule has 3 aromatic rings. The molecular formula is C20H19ClN4O2. The number of carbonyl (C=O) groups is 1. The summed E-state index contributed by atoms with van der Waals surface area (Å²) >= 11 is 6.03. The molecule has 0 spiro atoms. The quantitative estimate of drug-likeness (QED) is 0.650. The van der Waals surface area contributed by atoms with Gasteiger partial charge in [-0.15, -0.1) is 0 Å². The summed E-state index contributed by atoms with van der Waals surface area (Å²) in [5.41, 5.74) is 1.31. The number of rotatable bonds is 3. The van der Waals surface area contributed by atoms with Gasteiger partial charge in [-0.05, 0) is 61.8 Å². The minimum Gasteiger partial charge on any atom is -0.325 e. The zero-order valence-electron chi connectivity index (χ0n) is 14.6. The van der Waals surface area contributed by atoms with Gasteiger partial charge in [0.05, 0.1) is 22.6 Å². The van der Waals surface area contributed by atoms with Gasteiger partial charge in [-0.3, -0.25) is 9.59 Å². The van der Waals surface area contributed by atoms with Crippen molar-refractivity contribution in [3.8, 4) is 0 Å². The molecule has 1 aromatic heterocycles. The van der Waals surface area contributed by atoms with Crippen LogP contribution in [0.1, 0.15) is 18.4 Å². The summed E-state index contributed by atoms with van der Waals surface area (Å²) in [4.78, 5) is 31.9. The third-order valence-electron chi connectivity index (χ3n) is 5.19. The van der Waals surface area contributed by atoms with Crippen LogP contribution in [0.25, 0.3) is 10.9 Å². The minimum atomic E-state index is -0.619. The predicted octanol–water partition coefficient (Wildman–Crippen LogP) is 2.84. The Morgan fingerprint density at radius 3 is 2.59 bits per heavy atom. The summed E-state index contributed by atoms with van der Waals surface area (Å²) in [6.07, 6.45) is 2.76. The van der Waals surface area contributed by atoms with Crippen LogP contribution in [-0.2, 0) is 10.2 Å². The number of hydrogen-bond donors (Lipinski definition) is 3. The molecular weight excluding hydrogens is 364 g/mol. The highest BCUT2D eigenvalue weighted by Crippen LogP contribution is 2.35. The van der Waals surface area contributed by atoms with Gasteiger partial charge >= 0.3 is 0 Å². The first-order chi connectivity index (χ1) is 13.1. The van der Waals surface area contributed by atoms with Crippen molar-refractivity contribution < 1.29 is 4.79 Å². The van der Waals surface area contributed by atoms with Gasteiger partial charge < -0.3 is 15.6 Å². The minimum absolute atomic E-state index is 0.0597. The number of nitrogens with one attached hydrogen (secondary N) is 3. The maximum absolute atomic E-state index is 13.3. The molecule has 7 heteroatoms. The van der Waals surface area contributed by atoms with Gasteiger partial charge in [0, 0.05) is 10.7 Å². The van der Waals surface area contributed by atoms with Gasteiger partial charge in [-0.1, -0.05) is 23.7 Å². The molecule has 1 fully saturated rings. The number of fused-ring (bicyclic) bond motifs is 1. The van der Waals surface area contributed by atoms with Gasteiger partial charge in [0.2, 0.25) is 5.91 Å². The van der Waals surface area contributed by atoms with E-state index >= 15 is 0 Å². The van der Waals surface area contributed by atoms with Crippen molar-refractivity contribution in [3.05, 3.63) is 69.7 Å². The van der Waals surface area contributed by atoms with E-state index in [0.717, 1.165) is 18.7 Å². The Labute approximate surface area is 161 Å². The van der Waals surface area contributed by atoms with Crippen LogP contribution in [0, 0.1) is 0 Å². The van der Waals surface area contributed by atoms with Crippen LogP contribution in [0.15, 0.2) is 53.6 Å². The number of carbonyl (C=O) groups excluding carboxylic acids is 1. The van der Waals surface area contributed by atoms with E-state index < -0.39 is 5.41 Å². The second-order valence-corrected chi connectivity index (χ2v) is 7.19. The van der Waals surface area contributed by atoms with Crippen LogP contribution in [0.3, 0.4) is 0 Å². The number of nitrogens with zero attached hydrogens (tertiary/aromatic N) is 1. The van der Waals surface area contributed by atoms with Crippen LogP contribution < -0.4 is 16.2 Å². The van der Waals surface area contributed by atoms with E-state index in [-0.39, 0.29) is 11.5 Å². The fraction of sp³-hybridized carbons (Fsp3) is 0.250. The Bertz CT molecular complexity index is 1040. The predicted molar refractivity (Wildman–Crippen MR) is 106 cm³/mol. The van der Waals surface area contributed by atoms with Crippen molar-refractivity contribution in [1.82, 2.24) is 15.3 Å². The van der Waals surface area contributed by atoms with Crippen molar-refractivity contribution >= 4 is 34.1 Å². The Kier molecular flexibility index (Phi) is 4.68. The first kappa shape index (κ1) is 17.7. The maximum atomic E-state index is 13.3. The molecule has 0 saturated carbocycles. The van der Waals surface area contributed by atoms with E-state index in [0.29, 0.717) is 34.5 Å². The molecule has 0 aliphatic carbocycles. The molecule has 1 amide bonds. The van der Waals surface area contributed by atoms with Gasteiger partial charge in [0.15, 0.2) is 0 Å². The fourth-order valence-electron chi connectivity index (χ4n) is 3.67. The Balaban J connectivity index is 1.68. The lowest BCUT2D eigenvalue weighted by molar-refractivity contribution is -0.122. The highest BCUT2D eigenvalue weighted by atomic mass is 35.5. The van der Waals surface area contributed by atoms with Crippen LogP contribution >= 0.6 is 11.6 Å². The number of amides is 1. The standard InChI is InChI=1S/C20H19ClN4O2/c21-14-3-1-13(2-4-14)20(7-9-22-10-8-20)19(27)25-15-5-6-16-17(11-15)23-12-24-18(16)26/h1-6,11-12,22H,7-10H2,(H,25,27)(H,23,24,26). The van der Waals surface area contributed by atoms with Crippen molar-refractivity contribution in [2.75, 3.05) is 18.4 Å². The number of anilines is 1. The number of aromatic amines is 1. The number of H-pyrrole nitrogens is 1. The Morgan fingerprint density at radius 2 is 1.85 bits per heavy atom. The molecule has 4 rings (SSSR count). The van der Waals surface area contributed by atoms with Crippen LogP contribution in [0.2, 0.25) is 5.02 Å². The van der Waals surface area contributed by atoms with Crippen LogP contribution in [0.4, 0.5) is 5.69 Å². The monoisotopic (exact) mass is 382 g/mol. The van der Waals surface area contributed by atoms with Gasteiger partial charge in [-0.25, -0.2) is 4.98 Å². The molecule has 0 radical (unpaired) electrons. The molecule has 1 saturated heterocycles. The molecule has 1 aliphatic rings. The topological polar surface area (TPSA) is 86.9 Å². The molecule has 1 aliphatic heterocycles. The average Bonchev–Trinajstić information content (AvgIpc) is 2.69. The van der Waals surface area contributed by atoms with Crippen molar-refractivity contribution in [2.45, 2.75) is 18.3 Å². The molecule has 0 unspecified atom stereocenters. The zero-order valence-corrected chi connectivity index (χ0v) is 15.3. The lowest BCUT2D eigenvalue weighted by Crippen LogP contribution is -2.48. The molecule has 6 nitrogen and oxygen atoms in total. The van der Waals surface area contributed by atoms with Crippen molar-refractivity contribution in [1.29, 1.82) is 0 Å². The molecule has 0 atom stereocenters. The normalized spacial score (nSPS) is 16.2. The van der Waals surface area contributed by atoms with E-state index in [1.807, 2.05) is 24.3 Å². The number of halogens is 1. The highest BCUT2D eigenvalue weighted by Gasteiger charge is 2.41. The third kappa shape index (κ3) is 3.34. The number of hydrogen-bond acceptors (Lipinski definition) is 4. The summed E-state index contributed by atoms with van der Waals surface area (Å²) in [5.74, 6) is -0.0597. The third-order valence-corrected chi connectivity index (χ3v) is 5.44. The van der Waals surface area contributed by atoms with Crippen molar-refractivity contribution in [2.24, 2.45) is 0 Å². The largest absolute Gasteiger partial charge is 0.325 e. The molecule has 2 aromatic carbocycles. The lowest BCUT2D eigenvalue weighted by Gasteiger charge is -2.36. The Hall–Kier alpha value is -2.70. The second-order valence-electron chi connectivity index (χ2n) is 6.76. The first-order valence-electron chi connectivity index (χ1n) is 8.84. The molecule has 0 bridgehead atoms. The summed E-state index contributed by atoms with van der Waals surface area (Å²) < 4.78 is 0. The van der Waals surface area contributed by atoms with Crippen molar-refractivity contribution in [3.63, 3.8) is 0 Å². The zero-order chi connectivity index (χ0) is 18.9. The SMILES string of the molecule is O=C(Nc1ccc2c(=O)[nH]cnc2c1)C1(c2ccc(Cl)cc2)CCNCC1. The molecule has 2 heterocycles. The number of benzene rings is 2. The van der Waals surface area contributed by atoms with Gasteiger partial charge in [0.25, 0.3) is 5.56 Å². The van der Waals surface area contributed by atoms with Gasteiger partial charge in [-0.2, -0.15) is 0 Å². The fourth-order valence-corrected chi connectivity index (χ4v) is 3.79. The highest BCUT2D eigenvalue weighted by molar-refractivity contribution is 6.30. The molecule has 138 valence electrons. The van der Waals surface area contributed by atoms with Gasteiger partial charge in [0.1, 0.15) is 0 Å². The Morgan fingerprint density at radius 1 is 1.11 bits per heavy atom. The summed E-state index contributed by atoms with van der Waals surface area (Å²) in [7, 11) is 0. The van der Waals surface area contributed by atoms with E-state index in [4.69, 9.17) is 11.6 Å². The average molecular weight is 383 g/mol. The maximum Gasteiger partial charge on any atom is 0.258 e. The number of piperidine rings is 1. The van der Waals surface area contributed by atoms with E-state index in [1.165, 1.54) is 6.33 Å². The smallest absolute Gasteiger partial charge is 0.258 e. The summed E-state index contributed by atoms with van der Waals surface area (Å²) in [5, 5.41) is 7.48. The van der Waals surface area contributed by atoms with E-state index in [2.05, 4.69) is 20.6 Å². The first-order valence-corrected chi connectivity index (χ1v) is 9.22. The second kappa shape index (κ2) is 7.13. The lowest BCUT2D eigenvalue weighted by atomic mass is 9.72. The number of aromatic nitrogens is 2. The summed E-state index contributed by atoms with van der Waals surface area (Å²) in [6.45, 7) is 1.54. The van der Waals surface area contributed by atoms with Crippen LogP contribution in [-0.4, -0.2) is 29.0 Å². The summed E-state index contributed by atoms with van der Waals surface area (Å²) in [6, 6.07) is 12.6. The molecule has 27 heavy (non-hydrogen) atoms. The van der Waals surface area contributed by atoms with Crippen LogP contribution in [0.5, 0.6) is 0 Å². The van der Waals surface area contributed by atoms with E-state index in [9.17, 15) is 9.59 Å². The molecule has 3 N–H and O–H groups in total. The van der Waals surface area contributed by atoms with E-state index in [1.54, 1.807) is 18.2 Å².